The molecule has 5 heteroatoms. The number of nitro benzene ring substituents is 1. The Morgan fingerprint density at radius 2 is 2.11 bits per heavy atom. The summed E-state index contributed by atoms with van der Waals surface area (Å²) in [5.41, 5.74) is 0.311. The zero-order valence-corrected chi connectivity index (χ0v) is 10.1. The summed E-state index contributed by atoms with van der Waals surface area (Å²) in [4.78, 5) is 21.8. The number of non-ortho nitro benzene ring substituents is 1. The molecular formula is C13H14N2O3. The summed E-state index contributed by atoms with van der Waals surface area (Å²) in [6.45, 7) is 1.97. The average Bonchev–Trinajstić information content (AvgIpc) is 2.38. The largest absolute Gasteiger partial charge is 0.338 e. The Hall–Kier alpha value is -2.35. The Balaban J connectivity index is 2.73. The van der Waals surface area contributed by atoms with Gasteiger partial charge in [0.1, 0.15) is 0 Å². The topological polar surface area (TPSA) is 72.2 Å². The molecule has 0 fully saturated rings. The van der Waals surface area contributed by atoms with Gasteiger partial charge in [0.25, 0.3) is 11.6 Å². The number of hydrogen-bond donors (Lipinski definition) is 1. The molecular weight excluding hydrogens is 232 g/mol. The van der Waals surface area contributed by atoms with Crippen LogP contribution in [-0.2, 0) is 0 Å². The molecule has 1 N–H and O–H groups in total. The molecule has 0 radical (unpaired) electrons. The van der Waals surface area contributed by atoms with Crippen molar-refractivity contribution in [1.82, 2.24) is 5.32 Å². The lowest BCUT2D eigenvalue weighted by Gasteiger charge is -2.11. The molecule has 0 bridgehead atoms. The highest BCUT2D eigenvalue weighted by Crippen LogP contribution is 2.12. The molecule has 1 atom stereocenters. The van der Waals surface area contributed by atoms with E-state index in [0.29, 0.717) is 12.0 Å². The molecule has 0 saturated carbocycles. The number of nitrogens with zero attached hydrogens (tertiary/aromatic N) is 1. The predicted molar refractivity (Wildman–Crippen MR) is 68.1 cm³/mol. The molecule has 1 rings (SSSR count). The maximum atomic E-state index is 11.8. The van der Waals surface area contributed by atoms with Crippen LogP contribution in [0.25, 0.3) is 0 Å². The number of terminal acetylenes is 1. The SMILES string of the molecule is C#CC(CCC)NC(=O)c1ccc([N+](=O)[O-])cc1. The first kappa shape index (κ1) is 13.7. The van der Waals surface area contributed by atoms with Gasteiger partial charge < -0.3 is 5.32 Å². The van der Waals surface area contributed by atoms with Crippen LogP contribution in [0.4, 0.5) is 5.69 Å². The van der Waals surface area contributed by atoms with Crippen LogP contribution in [0.15, 0.2) is 24.3 Å². The van der Waals surface area contributed by atoms with Gasteiger partial charge in [-0.15, -0.1) is 6.42 Å². The fourth-order valence-corrected chi connectivity index (χ4v) is 1.46. The second-order valence-corrected chi connectivity index (χ2v) is 3.79. The fourth-order valence-electron chi connectivity index (χ4n) is 1.46. The van der Waals surface area contributed by atoms with Gasteiger partial charge in [-0.1, -0.05) is 19.3 Å². The second-order valence-electron chi connectivity index (χ2n) is 3.79. The highest BCUT2D eigenvalue weighted by Gasteiger charge is 2.12. The Morgan fingerprint density at radius 3 is 2.56 bits per heavy atom. The monoisotopic (exact) mass is 246 g/mol. The molecule has 0 aromatic heterocycles. The standard InChI is InChI=1S/C13H14N2O3/c1-3-5-11(4-2)14-13(16)10-6-8-12(9-7-10)15(17)18/h2,6-9,11H,3,5H2,1H3,(H,14,16). The first-order valence-electron chi connectivity index (χ1n) is 5.60. The maximum absolute atomic E-state index is 11.8. The quantitative estimate of drug-likeness (QED) is 0.491. The van der Waals surface area contributed by atoms with Crippen molar-refractivity contribution in [3.63, 3.8) is 0 Å². The normalized spacial score (nSPS) is 11.3. The van der Waals surface area contributed by atoms with Crippen molar-refractivity contribution in [3.8, 4) is 12.3 Å². The van der Waals surface area contributed by atoms with Crippen molar-refractivity contribution in [2.45, 2.75) is 25.8 Å². The maximum Gasteiger partial charge on any atom is 0.269 e. The molecule has 0 aliphatic carbocycles. The van der Waals surface area contributed by atoms with Gasteiger partial charge in [0.15, 0.2) is 0 Å². The lowest BCUT2D eigenvalue weighted by Crippen LogP contribution is -2.33. The number of carbonyl (C=O) groups is 1. The van der Waals surface area contributed by atoms with Crippen LogP contribution < -0.4 is 5.32 Å². The summed E-state index contributed by atoms with van der Waals surface area (Å²) in [6, 6.07) is 5.09. The lowest BCUT2D eigenvalue weighted by atomic mass is 10.1. The highest BCUT2D eigenvalue weighted by atomic mass is 16.6. The fraction of sp³-hybridized carbons (Fsp3) is 0.308. The van der Waals surface area contributed by atoms with Crippen LogP contribution in [0.1, 0.15) is 30.1 Å². The third-order valence-electron chi connectivity index (χ3n) is 2.42. The van der Waals surface area contributed by atoms with E-state index in [1.165, 1.54) is 24.3 Å². The number of nitrogens with one attached hydrogen (secondary N) is 1. The summed E-state index contributed by atoms with van der Waals surface area (Å²) >= 11 is 0. The minimum Gasteiger partial charge on any atom is -0.338 e. The van der Waals surface area contributed by atoms with Gasteiger partial charge >= 0.3 is 0 Å². The zero-order valence-electron chi connectivity index (χ0n) is 10.1. The first-order valence-corrected chi connectivity index (χ1v) is 5.60. The lowest BCUT2D eigenvalue weighted by molar-refractivity contribution is -0.384. The third-order valence-corrected chi connectivity index (χ3v) is 2.42. The molecule has 1 aromatic carbocycles. The molecule has 0 aliphatic heterocycles. The van der Waals surface area contributed by atoms with Gasteiger partial charge in [-0.2, -0.15) is 0 Å². The van der Waals surface area contributed by atoms with Gasteiger partial charge in [0, 0.05) is 17.7 Å². The number of nitro groups is 1. The van der Waals surface area contributed by atoms with Gasteiger partial charge in [-0.05, 0) is 18.6 Å². The van der Waals surface area contributed by atoms with Crippen molar-refractivity contribution in [1.29, 1.82) is 0 Å². The number of amides is 1. The van der Waals surface area contributed by atoms with Gasteiger partial charge in [-0.25, -0.2) is 0 Å². The molecule has 0 spiro atoms. The molecule has 0 saturated heterocycles. The minimum absolute atomic E-state index is 0.0476. The summed E-state index contributed by atoms with van der Waals surface area (Å²) in [6.07, 6.45) is 6.87. The van der Waals surface area contributed by atoms with E-state index >= 15 is 0 Å². The Morgan fingerprint density at radius 1 is 1.50 bits per heavy atom. The van der Waals surface area contributed by atoms with E-state index in [1.807, 2.05) is 6.92 Å². The Labute approximate surface area is 105 Å². The van der Waals surface area contributed by atoms with Crippen molar-refractivity contribution in [3.05, 3.63) is 39.9 Å². The minimum atomic E-state index is -0.511. The van der Waals surface area contributed by atoms with Crippen LogP contribution >= 0.6 is 0 Å². The van der Waals surface area contributed by atoms with Crippen molar-refractivity contribution in [2.24, 2.45) is 0 Å². The molecule has 18 heavy (non-hydrogen) atoms. The van der Waals surface area contributed by atoms with E-state index in [2.05, 4.69) is 11.2 Å². The first-order chi connectivity index (χ1) is 8.58. The Bertz CT molecular complexity index is 474. The number of rotatable bonds is 5. The van der Waals surface area contributed by atoms with E-state index in [0.717, 1.165) is 6.42 Å². The zero-order chi connectivity index (χ0) is 13.5. The van der Waals surface area contributed by atoms with Crippen LogP contribution in [0, 0.1) is 22.5 Å². The van der Waals surface area contributed by atoms with Crippen molar-refractivity contribution < 1.29 is 9.72 Å². The molecule has 0 aliphatic rings. The van der Waals surface area contributed by atoms with E-state index < -0.39 is 4.92 Å². The van der Waals surface area contributed by atoms with Gasteiger partial charge in [0.2, 0.25) is 0 Å². The molecule has 1 aromatic rings. The molecule has 0 heterocycles. The van der Waals surface area contributed by atoms with E-state index in [1.54, 1.807) is 0 Å². The predicted octanol–water partition coefficient (Wildman–Crippen LogP) is 2.13. The summed E-state index contributed by atoms with van der Waals surface area (Å²) in [5, 5.41) is 13.2. The van der Waals surface area contributed by atoms with E-state index in [9.17, 15) is 14.9 Å². The summed E-state index contributed by atoms with van der Waals surface area (Å²) in [5.74, 6) is 2.17. The van der Waals surface area contributed by atoms with Gasteiger partial charge in [0.05, 0.1) is 11.0 Å². The molecule has 94 valence electrons. The van der Waals surface area contributed by atoms with Crippen molar-refractivity contribution in [2.75, 3.05) is 0 Å². The van der Waals surface area contributed by atoms with Crippen LogP contribution in [0.3, 0.4) is 0 Å². The molecule has 5 nitrogen and oxygen atoms in total. The van der Waals surface area contributed by atoms with Gasteiger partial charge in [-0.3, -0.25) is 14.9 Å². The third kappa shape index (κ3) is 3.59. The number of carbonyl (C=O) groups excluding carboxylic acids is 1. The summed E-state index contributed by atoms with van der Waals surface area (Å²) in [7, 11) is 0. The van der Waals surface area contributed by atoms with E-state index in [-0.39, 0.29) is 17.6 Å². The second kappa shape index (κ2) is 6.40. The van der Waals surface area contributed by atoms with Crippen LogP contribution in [0.5, 0.6) is 0 Å². The van der Waals surface area contributed by atoms with Crippen LogP contribution in [-0.4, -0.2) is 16.9 Å². The smallest absolute Gasteiger partial charge is 0.269 e. The molecule has 1 amide bonds. The molecule has 1 unspecified atom stereocenters. The van der Waals surface area contributed by atoms with E-state index in [4.69, 9.17) is 6.42 Å². The van der Waals surface area contributed by atoms with Crippen LogP contribution in [0.2, 0.25) is 0 Å². The summed E-state index contributed by atoms with van der Waals surface area (Å²) < 4.78 is 0. The number of hydrogen-bond acceptors (Lipinski definition) is 3. The average molecular weight is 246 g/mol. The van der Waals surface area contributed by atoms with Crippen molar-refractivity contribution >= 4 is 11.6 Å². The Kier molecular flexibility index (Phi) is 4.88. The highest BCUT2D eigenvalue weighted by molar-refractivity contribution is 5.94. The number of benzene rings is 1.